The number of carbonyl (C=O) groups excluding carboxylic acids is 1. The lowest BCUT2D eigenvalue weighted by Crippen LogP contribution is -2.36. The number of rotatable bonds is 6. The van der Waals surface area contributed by atoms with E-state index in [0.717, 1.165) is 17.2 Å². The van der Waals surface area contributed by atoms with Gasteiger partial charge in [-0.15, -0.1) is 0 Å². The number of nitrogens with zero attached hydrogens (tertiary/aromatic N) is 2. The van der Waals surface area contributed by atoms with E-state index in [1.54, 1.807) is 24.4 Å². The number of fused-ring (bicyclic) bond motifs is 1. The minimum Gasteiger partial charge on any atom is -0.493 e. The molecule has 1 saturated heterocycles. The first-order chi connectivity index (χ1) is 11.2. The van der Waals surface area contributed by atoms with Crippen molar-refractivity contribution < 1.29 is 19.4 Å². The van der Waals surface area contributed by atoms with Crippen molar-refractivity contribution in [2.75, 3.05) is 26.8 Å². The summed E-state index contributed by atoms with van der Waals surface area (Å²) in [4.78, 5) is 17.3. The molecule has 1 N–H and O–H groups in total. The van der Waals surface area contributed by atoms with Crippen molar-refractivity contribution in [2.45, 2.75) is 18.9 Å². The third-order valence-electron chi connectivity index (χ3n) is 3.96. The maximum absolute atomic E-state index is 11.6. The SMILES string of the molecule is COc1cc2ccncc2cc1OCC(O)CN1CCCC1=O. The van der Waals surface area contributed by atoms with E-state index in [0.29, 0.717) is 31.0 Å². The highest BCUT2D eigenvalue weighted by Gasteiger charge is 2.23. The third-order valence-corrected chi connectivity index (χ3v) is 3.96. The Bertz CT molecular complexity index is 704. The standard InChI is InChI=1S/C17H20N2O4/c1-22-15-7-12-4-5-18-9-13(12)8-16(15)23-11-14(20)10-19-6-2-3-17(19)21/h4-5,7-9,14,20H,2-3,6,10-11H2,1H3. The van der Waals surface area contributed by atoms with Gasteiger partial charge in [-0.05, 0) is 30.0 Å². The van der Waals surface area contributed by atoms with Crippen LogP contribution in [0.5, 0.6) is 11.5 Å². The van der Waals surface area contributed by atoms with Crippen molar-refractivity contribution in [1.29, 1.82) is 0 Å². The number of aliphatic hydroxyl groups excluding tert-OH is 1. The van der Waals surface area contributed by atoms with Crippen LogP contribution in [0.4, 0.5) is 0 Å². The zero-order chi connectivity index (χ0) is 16.2. The Hall–Kier alpha value is -2.34. The molecule has 1 aromatic carbocycles. The van der Waals surface area contributed by atoms with Gasteiger partial charge in [0.05, 0.1) is 7.11 Å². The van der Waals surface area contributed by atoms with E-state index in [4.69, 9.17) is 9.47 Å². The van der Waals surface area contributed by atoms with Crippen LogP contribution in [0.3, 0.4) is 0 Å². The van der Waals surface area contributed by atoms with Crippen molar-refractivity contribution >= 4 is 16.7 Å². The first-order valence-corrected chi connectivity index (χ1v) is 7.68. The van der Waals surface area contributed by atoms with Crippen molar-refractivity contribution in [3.8, 4) is 11.5 Å². The maximum atomic E-state index is 11.6. The number of benzene rings is 1. The van der Waals surface area contributed by atoms with Crippen molar-refractivity contribution in [3.63, 3.8) is 0 Å². The molecule has 1 aromatic heterocycles. The van der Waals surface area contributed by atoms with Crippen LogP contribution in [-0.2, 0) is 4.79 Å². The second kappa shape index (κ2) is 6.83. The molecular weight excluding hydrogens is 296 g/mol. The van der Waals surface area contributed by atoms with E-state index >= 15 is 0 Å². The van der Waals surface area contributed by atoms with Gasteiger partial charge in [0.25, 0.3) is 0 Å². The Morgan fingerprint density at radius 3 is 2.91 bits per heavy atom. The lowest BCUT2D eigenvalue weighted by molar-refractivity contribution is -0.129. The second-order valence-corrected chi connectivity index (χ2v) is 5.63. The highest BCUT2D eigenvalue weighted by atomic mass is 16.5. The molecule has 0 spiro atoms. The molecule has 1 atom stereocenters. The van der Waals surface area contributed by atoms with Gasteiger partial charge in [0.1, 0.15) is 12.7 Å². The van der Waals surface area contributed by atoms with Crippen LogP contribution in [0.25, 0.3) is 10.8 Å². The molecule has 1 amide bonds. The molecule has 3 rings (SSSR count). The Morgan fingerprint density at radius 1 is 1.35 bits per heavy atom. The molecule has 0 radical (unpaired) electrons. The van der Waals surface area contributed by atoms with Gasteiger partial charge >= 0.3 is 0 Å². The number of pyridine rings is 1. The molecule has 0 saturated carbocycles. The molecule has 1 aliphatic heterocycles. The molecule has 2 aromatic rings. The Labute approximate surface area is 134 Å². The number of carbonyl (C=O) groups is 1. The smallest absolute Gasteiger partial charge is 0.222 e. The Morgan fingerprint density at radius 2 is 2.17 bits per heavy atom. The third kappa shape index (κ3) is 3.53. The number of ether oxygens (including phenoxy) is 2. The molecular formula is C17H20N2O4. The fraction of sp³-hybridized carbons (Fsp3) is 0.412. The molecule has 6 nitrogen and oxygen atoms in total. The second-order valence-electron chi connectivity index (χ2n) is 5.63. The van der Waals surface area contributed by atoms with Crippen molar-refractivity contribution in [2.24, 2.45) is 0 Å². The number of β-amino-alcohol motifs (C(OH)–C–C–N with tert-alkyl or cyclic N) is 1. The molecule has 0 bridgehead atoms. The Kier molecular flexibility index (Phi) is 4.62. The van der Waals surface area contributed by atoms with Gasteiger partial charge in [-0.3, -0.25) is 9.78 Å². The monoisotopic (exact) mass is 316 g/mol. The predicted molar refractivity (Wildman–Crippen MR) is 85.6 cm³/mol. The molecule has 122 valence electrons. The summed E-state index contributed by atoms with van der Waals surface area (Å²) in [5.74, 6) is 1.26. The van der Waals surface area contributed by atoms with Crippen LogP contribution in [0.1, 0.15) is 12.8 Å². The summed E-state index contributed by atoms with van der Waals surface area (Å²) in [5, 5.41) is 12.0. The van der Waals surface area contributed by atoms with Crippen LogP contribution in [0.2, 0.25) is 0 Å². The number of likely N-dealkylation sites (tertiary alicyclic amines) is 1. The molecule has 0 aliphatic carbocycles. The average Bonchev–Trinajstić information content (AvgIpc) is 2.97. The predicted octanol–water partition coefficient (Wildman–Crippen LogP) is 1.61. The fourth-order valence-electron chi connectivity index (χ4n) is 2.76. The van der Waals surface area contributed by atoms with E-state index in [2.05, 4.69) is 4.98 Å². The van der Waals surface area contributed by atoms with Crippen LogP contribution in [0, 0.1) is 0 Å². The van der Waals surface area contributed by atoms with Gasteiger partial charge in [0.15, 0.2) is 11.5 Å². The minimum atomic E-state index is -0.730. The minimum absolute atomic E-state index is 0.0958. The summed E-state index contributed by atoms with van der Waals surface area (Å²) >= 11 is 0. The zero-order valence-corrected chi connectivity index (χ0v) is 13.1. The van der Waals surface area contributed by atoms with Crippen LogP contribution >= 0.6 is 0 Å². The molecule has 2 heterocycles. The molecule has 1 unspecified atom stereocenters. The summed E-state index contributed by atoms with van der Waals surface area (Å²) in [7, 11) is 1.58. The lowest BCUT2D eigenvalue weighted by atomic mass is 10.1. The topological polar surface area (TPSA) is 71.9 Å². The quantitative estimate of drug-likeness (QED) is 0.876. The summed E-state index contributed by atoms with van der Waals surface area (Å²) in [6.45, 7) is 1.11. The number of amides is 1. The molecule has 1 aliphatic rings. The van der Waals surface area contributed by atoms with Gasteiger partial charge in [-0.25, -0.2) is 0 Å². The first kappa shape index (κ1) is 15.6. The van der Waals surface area contributed by atoms with Crippen LogP contribution < -0.4 is 9.47 Å². The zero-order valence-electron chi connectivity index (χ0n) is 13.1. The van der Waals surface area contributed by atoms with Gasteiger partial charge < -0.3 is 19.5 Å². The number of hydrogen-bond donors (Lipinski definition) is 1. The van der Waals surface area contributed by atoms with E-state index < -0.39 is 6.10 Å². The van der Waals surface area contributed by atoms with E-state index in [9.17, 15) is 9.90 Å². The van der Waals surface area contributed by atoms with Crippen LogP contribution in [0.15, 0.2) is 30.6 Å². The van der Waals surface area contributed by atoms with Gasteiger partial charge in [-0.2, -0.15) is 0 Å². The van der Waals surface area contributed by atoms with E-state index in [1.165, 1.54) is 0 Å². The highest BCUT2D eigenvalue weighted by Crippen LogP contribution is 2.32. The van der Waals surface area contributed by atoms with Gasteiger partial charge in [-0.1, -0.05) is 0 Å². The van der Waals surface area contributed by atoms with Gasteiger partial charge in [0, 0.05) is 37.3 Å². The summed E-state index contributed by atoms with van der Waals surface area (Å²) < 4.78 is 11.0. The summed E-state index contributed by atoms with van der Waals surface area (Å²) in [5.41, 5.74) is 0. The normalized spacial score (nSPS) is 15.9. The lowest BCUT2D eigenvalue weighted by Gasteiger charge is -2.20. The van der Waals surface area contributed by atoms with E-state index in [-0.39, 0.29) is 12.5 Å². The fourth-order valence-corrected chi connectivity index (χ4v) is 2.76. The molecule has 1 fully saturated rings. The number of methoxy groups -OCH3 is 1. The summed E-state index contributed by atoms with van der Waals surface area (Å²) in [6, 6.07) is 5.62. The largest absolute Gasteiger partial charge is 0.493 e. The van der Waals surface area contributed by atoms with E-state index in [1.807, 2.05) is 18.2 Å². The first-order valence-electron chi connectivity index (χ1n) is 7.68. The maximum Gasteiger partial charge on any atom is 0.222 e. The van der Waals surface area contributed by atoms with Crippen molar-refractivity contribution in [1.82, 2.24) is 9.88 Å². The Balaban J connectivity index is 1.67. The van der Waals surface area contributed by atoms with Crippen molar-refractivity contribution in [3.05, 3.63) is 30.6 Å². The number of hydrogen-bond acceptors (Lipinski definition) is 5. The average molecular weight is 316 g/mol. The number of aromatic nitrogens is 1. The van der Waals surface area contributed by atoms with Gasteiger partial charge in [0.2, 0.25) is 5.91 Å². The highest BCUT2D eigenvalue weighted by molar-refractivity contribution is 5.85. The summed E-state index contributed by atoms with van der Waals surface area (Å²) in [6.07, 6.45) is 4.17. The van der Waals surface area contributed by atoms with Crippen LogP contribution in [-0.4, -0.2) is 53.8 Å². The number of aliphatic hydroxyl groups is 1. The molecule has 6 heteroatoms. The molecule has 23 heavy (non-hydrogen) atoms.